The van der Waals surface area contributed by atoms with Crippen molar-refractivity contribution >= 4 is 11.9 Å². The van der Waals surface area contributed by atoms with E-state index in [1.54, 1.807) is 13.8 Å². The molecule has 5 nitrogen and oxygen atoms in total. The fourth-order valence-electron chi connectivity index (χ4n) is 1.50. The molecule has 0 radical (unpaired) electrons. The SMILES string of the molecule is CC(C)[C@H](NC(=O)CC1CNC1)C(=O)O. The summed E-state index contributed by atoms with van der Waals surface area (Å²) in [6, 6.07) is -0.773. The first-order chi connectivity index (χ1) is 7.00. The molecule has 0 aromatic carbocycles. The van der Waals surface area contributed by atoms with Crippen molar-refractivity contribution in [3.05, 3.63) is 0 Å². The molecule has 0 spiro atoms. The summed E-state index contributed by atoms with van der Waals surface area (Å²) in [5.74, 6) is -0.856. The van der Waals surface area contributed by atoms with Crippen LogP contribution in [0.15, 0.2) is 0 Å². The largest absolute Gasteiger partial charge is 0.480 e. The number of hydrogen-bond acceptors (Lipinski definition) is 3. The van der Waals surface area contributed by atoms with Gasteiger partial charge in [0, 0.05) is 6.42 Å². The first kappa shape index (κ1) is 12.0. The van der Waals surface area contributed by atoms with E-state index in [-0.39, 0.29) is 11.8 Å². The van der Waals surface area contributed by atoms with Crippen molar-refractivity contribution in [2.75, 3.05) is 13.1 Å². The third kappa shape index (κ3) is 3.51. The van der Waals surface area contributed by atoms with E-state index in [9.17, 15) is 9.59 Å². The molecule has 1 fully saturated rings. The van der Waals surface area contributed by atoms with Crippen molar-refractivity contribution in [3.63, 3.8) is 0 Å². The summed E-state index contributed by atoms with van der Waals surface area (Å²) >= 11 is 0. The molecule has 1 rings (SSSR count). The summed E-state index contributed by atoms with van der Waals surface area (Å²) in [6.45, 7) is 5.27. The molecule has 1 heterocycles. The molecule has 1 saturated heterocycles. The highest BCUT2D eigenvalue weighted by Gasteiger charge is 2.26. The van der Waals surface area contributed by atoms with Gasteiger partial charge in [0.25, 0.3) is 0 Å². The molecule has 0 unspecified atom stereocenters. The summed E-state index contributed by atoms with van der Waals surface area (Å²) in [6.07, 6.45) is 0.420. The molecular formula is C10H18N2O3. The van der Waals surface area contributed by atoms with Crippen molar-refractivity contribution in [3.8, 4) is 0 Å². The number of rotatable bonds is 5. The van der Waals surface area contributed by atoms with E-state index in [0.717, 1.165) is 13.1 Å². The van der Waals surface area contributed by atoms with Gasteiger partial charge in [-0.25, -0.2) is 4.79 Å². The highest BCUT2D eigenvalue weighted by Crippen LogP contribution is 2.09. The van der Waals surface area contributed by atoms with Crippen LogP contribution in [0.25, 0.3) is 0 Å². The Bertz CT molecular complexity index is 249. The fourth-order valence-corrected chi connectivity index (χ4v) is 1.50. The van der Waals surface area contributed by atoms with E-state index >= 15 is 0 Å². The minimum absolute atomic E-state index is 0.0917. The van der Waals surface area contributed by atoms with Crippen LogP contribution in [0.3, 0.4) is 0 Å². The lowest BCUT2D eigenvalue weighted by Crippen LogP contribution is -2.48. The van der Waals surface area contributed by atoms with Crippen molar-refractivity contribution < 1.29 is 14.7 Å². The number of carbonyl (C=O) groups excluding carboxylic acids is 1. The molecule has 1 amide bonds. The zero-order valence-electron chi connectivity index (χ0n) is 9.12. The first-order valence-electron chi connectivity index (χ1n) is 5.23. The van der Waals surface area contributed by atoms with E-state index in [4.69, 9.17) is 5.11 Å². The van der Waals surface area contributed by atoms with Crippen molar-refractivity contribution in [2.24, 2.45) is 11.8 Å². The van der Waals surface area contributed by atoms with Crippen LogP contribution >= 0.6 is 0 Å². The fraction of sp³-hybridized carbons (Fsp3) is 0.800. The van der Waals surface area contributed by atoms with Crippen LogP contribution in [-0.4, -0.2) is 36.1 Å². The van der Waals surface area contributed by atoms with E-state index in [2.05, 4.69) is 10.6 Å². The quantitative estimate of drug-likeness (QED) is 0.593. The van der Waals surface area contributed by atoms with Crippen LogP contribution in [0.1, 0.15) is 20.3 Å². The number of aliphatic carboxylic acids is 1. The van der Waals surface area contributed by atoms with E-state index in [0.29, 0.717) is 12.3 Å². The second kappa shape index (κ2) is 5.11. The Morgan fingerprint density at radius 3 is 2.40 bits per heavy atom. The van der Waals surface area contributed by atoms with Crippen molar-refractivity contribution in [1.29, 1.82) is 0 Å². The highest BCUT2D eigenvalue weighted by molar-refractivity contribution is 5.83. The number of hydrogen-bond donors (Lipinski definition) is 3. The monoisotopic (exact) mass is 214 g/mol. The molecule has 0 aliphatic carbocycles. The Hall–Kier alpha value is -1.10. The molecule has 0 aromatic heterocycles. The maximum atomic E-state index is 11.5. The minimum atomic E-state index is -0.968. The Balaban J connectivity index is 2.36. The van der Waals surface area contributed by atoms with Crippen LogP contribution in [-0.2, 0) is 9.59 Å². The predicted octanol–water partition coefficient (Wildman–Crippen LogP) is -0.179. The topological polar surface area (TPSA) is 78.4 Å². The average molecular weight is 214 g/mol. The Labute approximate surface area is 89.2 Å². The lowest BCUT2D eigenvalue weighted by Gasteiger charge is -2.27. The Morgan fingerprint density at radius 2 is 2.07 bits per heavy atom. The van der Waals surface area contributed by atoms with Gasteiger partial charge in [0.15, 0.2) is 0 Å². The third-order valence-electron chi connectivity index (χ3n) is 2.59. The van der Waals surface area contributed by atoms with Gasteiger partial charge in [-0.3, -0.25) is 4.79 Å². The molecular weight excluding hydrogens is 196 g/mol. The van der Waals surface area contributed by atoms with E-state index in [1.807, 2.05) is 0 Å². The van der Waals surface area contributed by atoms with Gasteiger partial charge in [0.05, 0.1) is 0 Å². The molecule has 1 aliphatic heterocycles. The molecule has 86 valence electrons. The van der Waals surface area contributed by atoms with E-state index in [1.165, 1.54) is 0 Å². The second-order valence-corrected chi connectivity index (χ2v) is 4.36. The van der Waals surface area contributed by atoms with Crippen LogP contribution in [0.4, 0.5) is 0 Å². The molecule has 5 heteroatoms. The third-order valence-corrected chi connectivity index (χ3v) is 2.59. The molecule has 0 aromatic rings. The van der Waals surface area contributed by atoms with Crippen LogP contribution in [0.2, 0.25) is 0 Å². The minimum Gasteiger partial charge on any atom is -0.480 e. The molecule has 15 heavy (non-hydrogen) atoms. The van der Waals surface area contributed by atoms with Gasteiger partial charge in [0.2, 0.25) is 5.91 Å². The van der Waals surface area contributed by atoms with Gasteiger partial charge in [-0.05, 0) is 24.9 Å². The number of carboxylic acids is 1. The van der Waals surface area contributed by atoms with Gasteiger partial charge < -0.3 is 15.7 Å². The van der Waals surface area contributed by atoms with Gasteiger partial charge in [-0.15, -0.1) is 0 Å². The number of nitrogens with one attached hydrogen (secondary N) is 2. The van der Waals surface area contributed by atoms with Crippen molar-refractivity contribution in [2.45, 2.75) is 26.3 Å². The van der Waals surface area contributed by atoms with Gasteiger partial charge in [-0.2, -0.15) is 0 Å². The van der Waals surface area contributed by atoms with Crippen molar-refractivity contribution in [1.82, 2.24) is 10.6 Å². The predicted molar refractivity (Wildman–Crippen MR) is 55.4 cm³/mol. The Morgan fingerprint density at radius 1 is 1.47 bits per heavy atom. The number of carbonyl (C=O) groups is 2. The zero-order valence-corrected chi connectivity index (χ0v) is 9.12. The summed E-state index contributed by atoms with van der Waals surface area (Å²) in [7, 11) is 0. The average Bonchev–Trinajstić information content (AvgIpc) is 2.06. The zero-order chi connectivity index (χ0) is 11.4. The highest BCUT2D eigenvalue weighted by atomic mass is 16.4. The summed E-state index contributed by atoms with van der Waals surface area (Å²) < 4.78 is 0. The van der Waals surface area contributed by atoms with Crippen LogP contribution in [0.5, 0.6) is 0 Å². The number of amides is 1. The first-order valence-corrected chi connectivity index (χ1v) is 5.23. The number of carboxylic acid groups (broad SMARTS) is 1. The van der Waals surface area contributed by atoms with Crippen LogP contribution < -0.4 is 10.6 Å². The standard InChI is InChI=1S/C10H18N2O3/c1-6(2)9(10(14)15)12-8(13)3-7-4-11-5-7/h6-7,9,11H,3-5H2,1-2H3,(H,12,13)(H,14,15)/t9-/m0/s1. The molecule has 0 saturated carbocycles. The second-order valence-electron chi connectivity index (χ2n) is 4.36. The van der Waals surface area contributed by atoms with Gasteiger partial charge in [-0.1, -0.05) is 13.8 Å². The summed E-state index contributed by atoms with van der Waals surface area (Å²) in [5, 5.41) is 14.5. The molecule has 1 aliphatic rings. The summed E-state index contributed by atoms with van der Waals surface area (Å²) in [4.78, 5) is 22.3. The van der Waals surface area contributed by atoms with E-state index < -0.39 is 12.0 Å². The normalized spacial score (nSPS) is 18.3. The maximum Gasteiger partial charge on any atom is 0.326 e. The smallest absolute Gasteiger partial charge is 0.326 e. The molecule has 3 N–H and O–H groups in total. The van der Waals surface area contributed by atoms with Crippen LogP contribution in [0, 0.1) is 11.8 Å². The summed E-state index contributed by atoms with van der Waals surface area (Å²) in [5.41, 5.74) is 0. The lowest BCUT2D eigenvalue weighted by atomic mass is 9.98. The lowest BCUT2D eigenvalue weighted by molar-refractivity contribution is -0.143. The maximum absolute atomic E-state index is 11.5. The molecule has 1 atom stereocenters. The Kier molecular flexibility index (Phi) is 4.08. The molecule has 0 bridgehead atoms. The van der Waals surface area contributed by atoms with Gasteiger partial charge in [0.1, 0.15) is 6.04 Å². The van der Waals surface area contributed by atoms with Gasteiger partial charge >= 0.3 is 5.97 Å².